The van der Waals surface area contributed by atoms with Crippen molar-refractivity contribution < 1.29 is 19.0 Å². The number of nitrogens with zero attached hydrogens (tertiary/aromatic N) is 4. The highest BCUT2D eigenvalue weighted by Crippen LogP contribution is 2.28. The van der Waals surface area contributed by atoms with E-state index in [-0.39, 0.29) is 12.2 Å². The summed E-state index contributed by atoms with van der Waals surface area (Å²) < 4.78 is 16.1. The van der Waals surface area contributed by atoms with Gasteiger partial charge in [0.2, 0.25) is 5.88 Å². The van der Waals surface area contributed by atoms with Gasteiger partial charge >= 0.3 is 6.09 Å². The summed E-state index contributed by atoms with van der Waals surface area (Å²) in [6.45, 7) is 3.00. The molecule has 178 valence electrons. The molecule has 2 saturated heterocycles. The van der Waals surface area contributed by atoms with Crippen LogP contribution in [0.3, 0.4) is 0 Å². The van der Waals surface area contributed by atoms with Gasteiger partial charge in [0.25, 0.3) is 0 Å². The maximum absolute atomic E-state index is 12.4. The van der Waals surface area contributed by atoms with Crippen LogP contribution in [-0.4, -0.2) is 68.6 Å². The average Bonchev–Trinajstić information content (AvgIpc) is 3.27. The van der Waals surface area contributed by atoms with Crippen LogP contribution in [0.5, 0.6) is 11.6 Å². The van der Waals surface area contributed by atoms with Gasteiger partial charge in [-0.05, 0) is 49.2 Å². The number of pyridine rings is 2. The summed E-state index contributed by atoms with van der Waals surface area (Å²) in [6.07, 6.45) is 3.35. The van der Waals surface area contributed by atoms with E-state index in [0.717, 1.165) is 54.1 Å². The fourth-order valence-electron chi connectivity index (χ4n) is 4.59. The molecule has 5 rings (SSSR count). The predicted octanol–water partition coefficient (Wildman–Crippen LogP) is 3.23. The molecule has 1 atom stereocenters. The van der Waals surface area contributed by atoms with Crippen molar-refractivity contribution in [1.82, 2.24) is 15.3 Å². The smallest absolute Gasteiger partial charge is 0.414 e. The van der Waals surface area contributed by atoms with Crippen LogP contribution in [0.4, 0.5) is 16.2 Å². The standard InChI is InChI=1S/C25H29N5O4/c1-32-19-5-3-18(4-6-19)30-16-20(34-25(30)31)15-27-17-10-13-29(14-11-17)22-9-12-26-21-7-8-23(33-2)28-24(21)22/h3-9,12,17,20,27H,10-11,13-16H2,1-2H3. The molecule has 0 saturated carbocycles. The first-order valence-electron chi connectivity index (χ1n) is 11.5. The van der Waals surface area contributed by atoms with Gasteiger partial charge in [-0.25, -0.2) is 9.78 Å². The fourth-order valence-corrected chi connectivity index (χ4v) is 4.59. The Morgan fingerprint density at radius 2 is 1.85 bits per heavy atom. The third-order valence-electron chi connectivity index (χ3n) is 6.47. The van der Waals surface area contributed by atoms with Crippen LogP contribution in [0.1, 0.15) is 12.8 Å². The van der Waals surface area contributed by atoms with Gasteiger partial charge in [-0.3, -0.25) is 9.88 Å². The molecule has 0 spiro atoms. The van der Waals surface area contributed by atoms with E-state index in [9.17, 15) is 4.79 Å². The summed E-state index contributed by atoms with van der Waals surface area (Å²) in [6, 6.07) is 13.6. The van der Waals surface area contributed by atoms with E-state index in [1.165, 1.54) is 0 Å². The van der Waals surface area contributed by atoms with Gasteiger partial charge in [0.1, 0.15) is 17.4 Å². The third-order valence-corrected chi connectivity index (χ3v) is 6.47. The van der Waals surface area contributed by atoms with E-state index in [1.54, 1.807) is 19.1 Å². The number of methoxy groups -OCH3 is 2. The van der Waals surface area contributed by atoms with Gasteiger partial charge in [-0.2, -0.15) is 0 Å². The van der Waals surface area contributed by atoms with Crippen molar-refractivity contribution in [1.29, 1.82) is 0 Å². The summed E-state index contributed by atoms with van der Waals surface area (Å²) >= 11 is 0. The first-order valence-corrected chi connectivity index (χ1v) is 11.5. The Morgan fingerprint density at radius 1 is 1.06 bits per heavy atom. The Balaban J connectivity index is 1.15. The molecule has 34 heavy (non-hydrogen) atoms. The number of piperidine rings is 1. The van der Waals surface area contributed by atoms with Gasteiger partial charge in [0, 0.05) is 43.6 Å². The van der Waals surface area contributed by atoms with Crippen molar-refractivity contribution >= 4 is 28.5 Å². The average molecular weight is 464 g/mol. The molecule has 4 heterocycles. The maximum Gasteiger partial charge on any atom is 0.414 e. The summed E-state index contributed by atoms with van der Waals surface area (Å²) in [5.41, 5.74) is 3.63. The van der Waals surface area contributed by atoms with Crippen LogP contribution in [0.2, 0.25) is 0 Å². The van der Waals surface area contributed by atoms with Crippen molar-refractivity contribution in [2.45, 2.75) is 25.0 Å². The molecule has 1 amide bonds. The number of carbonyl (C=O) groups excluding carboxylic acids is 1. The number of carbonyl (C=O) groups is 1. The number of anilines is 2. The van der Waals surface area contributed by atoms with Crippen molar-refractivity contribution in [2.24, 2.45) is 0 Å². The molecule has 1 N–H and O–H groups in total. The molecule has 2 aliphatic rings. The van der Waals surface area contributed by atoms with Crippen molar-refractivity contribution in [2.75, 3.05) is 50.2 Å². The molecule has 9 nitrogen and oxygen atoms in total. The zero-order chi connectivity index (χ0) is 23.5. The van der Waals surface area contributed by atoms with Crippen LogP contribution in [-0.2, 0) is 4.74 Å². The van der Waals surface area contributed by atoms with Crippen molar-refractivity contribution in [3.63, 3.8) is 0 Å². The molecule has 1 aromatic carbocycles. The minimum Gasteiger partial charge on any atom is -0.497 e. The number of rotatable bonds is 7. The number of fused-ring (bicyclic) bond motifs is 1. The summed E-state index contributed by atoms with van der Waals surface area (Å²) in [4.78, 5) is 25.4. The van der Waals surface area contributed by atoms with Gasteiger partial charge in [0.15, 0.2) is 0 Å². The lowest BCUT2D eigenvalue weighted by atomic mass is 10.0. The molecule has 1 unspecified atom stereocenters. The van der Waals surface area contributed by atoms with Crippen molar-refractivity contribution in [3.8, 4) is 11.6 Å². The Morgan fingerprint density at radius 3 is 2.59 bits per heavy atom. The highest BCUT2D eigenvalue weighted by molar-refractivity contribution is 5.90. The quantitative estimate of drug-likeness (QED) is 0.571. The molecule has 3 aromatic rings. The van der Waals surface area contributed by atoms with Crippen LogP contribution >= 0.6 is 0 Å². The lowest BCUT2D eigenvalue weighted by molar-refractivity contribution is 0.137. The van der Waals surface area contributed by atoms with E-state index in [0.29, 0.717) is 25.0 Å². The molecular formula is C25H29N5O4. The molecule has 0 radical (unpaired) electrons. The molecule has 2 aliphatic heterocycles. The Labute approximate surface area is 198 Å². The molecule has 9 heteroatoms. The number of amides is 1. The second-order valence-electron chi connectivity index (χ2n) is 8.54. The molecule has 0 aliphatic carbocycles. The Bertz CT molecular complexity index is 1150. The van der Waals surface area contributed by atoms with Crippen LogP contribution in [0.25, 0.3) is 11.0 Å². The lowest BCUT2D eigenvalue weighted by Gasteiger charge is -2.34. The molecular weight excluding hydrogens is 434 g/mol. The second-order valence-corrected chi connectivity index (χ2v) is 8.54. The van der Waals surface area contributed by atoms with E-state index in [4.69, 9.17) is 14.2 Å². The normalized spacial score (nSPS) is 18.9. The Kier molecular flexibility index (Phi) is 6.35. The largest absolute Gasteiger partial charge is 0.497 e. The summed E-state index contributed by atoms with van der Waals surface area (Å²) in [7, 11) is 3.25. The van der Waals surface area contributed by atoms with Crippen LogP contribution in [0, 0.1) is 0 Å². The number of benzene rings is 1. The van der Waals surface area contributed by atoms with E-state index >= 15 is 0 Å². The monoisotopic (exact) mass is 463 g/mol. The van der Waals surface area contributed by atoms with Crippen molar-refractivity contribution in [3.05, 3.63) is 48.7 Å². The van der Waals surface area contributed by atoms with Gasteiger partial charge in [-0.15, -0.1) is 0 Å². The number of ether oxygens (including phenoxy) is 3. The first-order chi connectivity index (χ1) is 16.6. The topological polar surface area (TPSA) is 89.1 Å². The van der Waals surface area contributed by atoms with Gasteiger partial charge in [-0.1, -0.05) is 0 Å². The number of hydrogen-bond donors (Lipinski definition) is 1. The highest BCUT2D eigenvalue weighted by Gasteiger charge is 2.33. The van der Waals surface area contributed by atoms with E-state index < -0.39 is 0 Å². The van der Waals surface area contributed by atoms with Gasteiger partial charge in [0.05, 0.1) is 32.0 Å². The maximum atomic E-state index is 12.4. The Hall–Kier alpha value is -3.59. The minimum absolute atomic E-state index is 0.173. The first kappa shape index (κ1) is 22.2. The minimum atomic E-state index is -0.306. The number of cyclic esters (lactones) is 1. The number of nitrogens with one attached hydrogen (secondary N) is 1. The lowest BCUT2D eigenvalue weighted by Crippen LogP contribution is -2.45. The number of aromatic nitrogens is 2. The van der Waals surface area contributed by atoms with E-state index in [2.05, 4.69) is 20.2 Å². The molecule has 2 aromatic heterocycles. The fraction of sp³-hybridized carbons (Fsp3) is 0.400. The molecule has 2 fully saturated rings. The van der Waals surface area contributed by atoms with Crippen LogP contribution in [0.15, 0.2) is 48.7 Å². The van der Waals surface area contributed by atoms with Crippen LogP contribution < -0.4 is 24.6 Å². The zero-order valence-corrected chi connectivity index (χ0v) is 19.4. The van der Waals surface area contributed by atoms with E-state index in [1.807, 2.05) is 48.7 Å². The summed E-state index contributed by atoms with van der Waals surface area (Å²) in [5, 5.41) is 3.60. The predicted molar refractivity (Wildman–Crippen MR) is 130 cm³/mol. The highest BCUT2D eigenvalue weighted by atomic mass is 16.6. The second kappa shape index (κ2) is 9.72. The SMILES string of the molecule is COc1ccc(N2CC(CNC3CCN(c4ccnc5ccc(OC)nc45)CC3)OC2=O)cc1. The zero-order valence-electron chi connectivity index (χ0n) is 19.4. The number of hydrogen-bond acceptors (Lipinski definition) is 8. The molecule has 0 bridgehead atoms. The third kappa shape index (κ3) is 4.56. The summed E-state index contributed by atoms with van der Waals surface area (Å²) in [5.74, 6) is 1.35. The van der Waals surface area contributed by atoms with Gasteiger partial charge < -0.3 is 24.4 Å².